The van der Waals surface area contributed by atoms with Crippen molar-refractivity contribution in [1.29, 1.82) is 0 Å². The number of fused-ring (bicyclic) bond motifs is 1. The van der Waals surface area contributed by atoms with E-state index in [4.69, 9.17) is 4.74 Å². The Hall–Kier alpha value is -0.340. The van der Waals surface area contributed by atoms with Crippen LogP contribution in [0.2, 0.25) is 0 Å². The highest BCUT2D eigenvalue weighted by Crippen LogP contribution is 2.43. The number of benzene rings is 1. The van der Waals surface area contributed by atoms with Crippen LogP contribution in [-0.4, -0.2) is 10.9 Å². The van der Waals surface area contributed by atoms with E-state index in [9.17, 15) is 0 Å². The van der Waals surface area contributed by atoms with Crippen LogP contribution in [-0.2, 0) is 11.2 Å². The number of halogens is 1. The second kappa shape index (κ2) is 6.83. The zero-order valence-corrected chi connectivity index (χ0v) is 14.7. The highest BCUT2D eigenvalue weighted by molar-refractivity contribution is 9.09. The van der Waals surface area contributed by atoms with E-state index in [1.165, 1.54) is 62.5 Å². The van der Waals surface area contributed by atoms with Crippen LogP contribution >= 0.6 is 15.9 Å². The Kier molecular flexibility index (Phi) is 5.06. The third kappa shape index (κ3) is 3.37. The van der Waals surface area contributed by atoms with Gasteiger partial charge in [-0.25, -0.2) is 0 Å². The van der Waals surface area contributed by atoms with Gasteiger partial charge in [-0.3, -0.25) is 0 Å². The predicted octanol–water partition coefficient (Wildman–Crippen LogP) is 5.81. The Balaban J connectivity index is 1.73. The first-order valence-electron chi connectivity index (χ1n) is 8.58. The molecule has 1 nitrogen and oxygen atoms in total. The monoisotopic (exact) mass is 350 g/mol. The van der Waals surface area contributed by atoms with Crippen molar-refractivity contribution in [3.8, 4) is 0 Å². The SMILES string of the molecule is CCC1CCC(CBr)(OC2CCCc3ccccc32)CC1. The molecular formula is C19H27BrO. The molecule has 1 fully saturated rings. The Morgan fingerprint density at radius 1 is 1.19 bits per heavy atom. The van der Waals surface area contributed by atoms with Crippen molar-refractivity contribution in [1.82, 2.24) is 0 Å². The molecule has 0 aromatic heterocycles. The largest absolute Gasteiger partial charge is 0.366 e. The van der Waals surface area contributed by atoms with Gasteiger partial charge in [0.05, 0.1) is 11.7 Å². The summed E-state index contributed by atoms with van der Waals surface area (Å²) in [6.07, 6.45) is 10.4. The minimum atomic E-state index is 0.0702. The minimum Gasteiger partial charge on any atom is -0.366 e. The third-order valence-corrected chi connectivity index (χ3v) is 6.57. The highest BCUT2D eigenvalue weighted by Gasteiger charge is 2.38. The molecule has 1 unspecified atom stereocenters. The smallest absolute Gasteiger partial charge is 0.0835 e. The molecule has 1 saturated carbocycles. The number of rotatable bonds is 4. The van der Waals surface area contributed by atoms with Gasteiger partial charge in [0.1, 0.15) is 0 Å². The summed E-state index contributed by atoms with van der Waals surface area (Å²) in [6.45, 7) is 2.32. The summed E-state index contributed by atoms with van der Waals surface area (Å²) >= 11 is 3.75. The van der Waals surface area contributed by atoms with Gasteiger partial charge in [-0.1, -0.05) is 53.5 Å². The van der Waals surface area contributed by atoms with E-state index in [0.29, 0.717) is 6.10 Å². The third-order valence-electron chi connectivity index (χ3n) is 5.54. The van der Waals surface area contributed by atoms with Crippen molar-refractivity contribution in [3.05, 3.63) is 35.4 Å². The molecule has 0 amide bonds. The summed E-state index contributed by atoms with van der Waals surface area (Å²) in [6, 6.07) is 8.88. The van der Waals surface area contributed by atoms with Crippen molar-refractivity contribution in [2.24, 2.45) is 5.92 Å². The molecule has 116 valence electrons. The van der Waals surface area contributed by atoms with Gasteiger partial charge in [-0.15, -0.1) is 0 Å². The quantitative estimate of drug-likeness (QED) is 0.622. The van der Waals surface area contributed by atoms with E-state index >= 15 is 0 Å². The second-order valence-corrected chi connectivity index (χ2v) is 7.43. The van der Waals surface area contributed by atoms with Crippen molar-refractivity contribution in [2.45, 2.75) is 70.0 Å². The summed E-state index contributed by atoms with van der Waals surface area (Å²) in [5.74, 6) is 0.916. The number of hydrogen-bond donors (Lipinski definition) is 0. The molecule has 1 atom stereocenters. The van der Waals surface area contributed by atoms with Crippen LogP contribution in [0.3, 0.4) is 0 Å². The fourth-order valence-corrected chi connectivity index (χ4v) is 4.72. The maximum Gasteiger partial charge on any atom is 0.0835 e. The van der Waals surface area contributed by atoms with Crippen LogP contribution in [0.5, 0.6) is 0 Å². The summed E-state index contributed by atoms with van der Waals surface area (Å²) < 4.78 is 6.74. The maximum absolute atomic E-state index is 6.74. The zero-order chi connectivity index (χ0) is 14.7. The van der Waals surface area contributed by atoms with Gasteiger partial charge in [0.25, 0.3) is 0 Å². The van der Waals surface area contributed by atoms with Gasteiger partial charge in [0, 0.05) is 5.33 Å². The van der Waals surface area contributed by atoms with Crippen molar-refractivity contribution >= 4 is 15.9 Å². The zero-order valence-electron chi connectivity index (χ0n) is 13.1. The molecule has 0 N–H and O–H groups in total. The van der Waals surface area contributed by atoms with Crippen LogP contribution < -0.4 is 0 Å². The standard InChI is InChI=1S/C19H27BrO/c1-2-15-10-12-19(14-20,13-11-15)21-18-9-5-7-16-6-3-4-8-17(16)18/h3-4,6,8,15,18H,2,5,7,9-14H2,1H3. The first kappa shape index (κ1) is 15.6. The normalized spacial score (nSPS) is 32.7. The first-order valence-corrected chi connectivity index (χ1v) is 9.70. The lowest BCUT2D eigenvalue weighted by molar-refractivity contribution is -0.111. The topological polar surface area (TPSA) is 9.23 Å². The average molecular weight is 351 g/mol. The molecule has 0 spiro atoms. The summed E-state index contributed by atoms with van der Waals surface area (Å²) in [5.41, 5.74) is 3.02. The van der Waals surface area contributed by atoms with Gasteiger partial charge < -0.3 is 4.74 Å². The fraction of sp³-hybridized carbons (Fsp3) is 0.684. The van der Waals surface area contributed by atoms with Gasteiger partial charge in [0.2, 0.25) is 0 Å². The number of alkyl halides is 1. The van der Waals surface area contributed by atoms with E-state index < -0.39 is 0 Å². The summed E-state index contributed by atoms with van der Waals surface area (Å²) in [5, 5.41) is 0.981. The Morgan fingerprint density at radius 2 is 1.95 bits per heavy atom. The van der Waals surface area contributed by atoms with Crippen LogP contribution in [0.4, 0.5) is 0 Å². The molecule has 0 bridgehead atoms. The van der Waals surface area contributed by atoms with Crippen molar-refractivity contribution < 1.29 is 4.74 Å². The minimum absolute atomic E-state index is 0.0702. The predicted molar refractivity (Wildman–Crippen MR) is 92.0 cm³/mol. The van der Waals surface area contributed by atoms with Gasteiger partial charge in [-0.2, -0.15) is 0 Å². The number of aryl methyl sites for hydroxylation is 1. The highest BCUT2D eigenvalue weighted by atomic mass is 79.9. The van der Waals surface area contributed by atoms with Gasteiger partial charge in [-0.05, 0) is 62.0 Å². The Labute approximate surface area is 137 Å². The van der Waals surface area contributed by atoms with E-state index in [0.717, 1.165) is 11.2 Å². The molecule has 0 radical (unpaired) electrons. The lowest BCUT2D eigenvalue weighted by Crippen LogP contribution is -2.40. The van der Waals surface area contributed by atoms with E-state index in [1.807, 2.05) is 0 Å². The van der Waals surface area contributed by atoms with Crippen LogP contribution in [0.1, 0.15) is 69.1 Å². The molecule has 1 aromatic carbocycles. The maximum atomic E-state index is 6.74. The fourth-order valence-electron chi connectivity index (χ4n) is 4.03. The number of hydrogen-bond acceptors (Lipinski definition) is 1. The summed E-state index contributed by atoms with van der Waals surface area (Å²) in [4.78, 5) is 0. The molecule has 2 heteroatoms. The molecule has 21 heavy (non-hydrogen) atoms. The average Bonchev–Trinajstić information content (AvgIpc) is 2.56. The molecule has 1 aromatic rings. The first-order chi connectivity index (χ1) is 10.3. The molecule has 0 heterocycles. The lowest BCUT2D eigenvalue weighted by Gasteiger charge is -2.42. The van der Waals surface area contributed by atoms with Gasteiger partial charge in [0.15, 0.2) is 0 Å². The van der Waals surface area contributed by atoms with Crippen LogP contribution in [0, 0.1) is 5.92 Å². The Morgan fingerprint density at radius 3 is 2.67 bits per heavy atom. The molecule has 0 saturated heterocycles. The molecule has 2 aliphatic rings. The van der Waals surface area contributed by atoms with E-state index in [-0.39, 0.29) is 5.60 Å². The molecule has 3 rings (SSSR count). The van der Waals surface area contributed by atoms with Crippen LogP contribution in [0.25, 0.3) is 0 Å². The Bertz CT molecular complexity index is 462. The van der Waals surface area contributed by atoms with Crippen molar-refractivity contribution in [3.63, 3.8) is 0 Å². The molecule has 0 aliphatic heterocycles. The van der Waals surface area contributed by atoms with Crippen LogP contribution in [0.15, 0.2) is 24.3 Å². The van der Waals surface area contributed by atoms with E-state index in [2.05, 4.69) is 47.1 Å². The molecule has 2 aliphatic carbocycles. The van der Waals surface area contributed by atoms with Gasteiger partial charge >= 0.3 is 0 Å². The second-order valence-electron chi connectivity index (χ2n) is 6.87. The van der Waals surface area contributed by atoms with Crippen molar-refractivity contribution in [2.75, 3.05) is 5.33 Å². The summed E-state index contributed by atoms with van der Waals surface area (Å²) in [7, 11) is 0. The number of ether oxygens (including phenoxy) is 1. The van der Waals surface area contributed by atoms with E-state index in [1.54, 1.807) is 0 Å². The molecular weight excluding hydrogens is 324 g/mol. The lowest BCUT2D eigenvalue weighted by atomic mass is 9.78.